The molecule has 1 unspecified atom stereocenters. The molecule has 0 amide bonds. The van der Waals surface area contributed by atoms with Crippen LogP contribution in [0, 0.1) is 41.4 Å². The highest BCUT2D eigenvalue weighted by Crippen LogP contribution is 2.65. The van der Waals surface area contributed by atoms with Crippen molar-refractivity contribution in [2.45, 2.75) is 63.9 Å². The van der Waals surface area contributed by atoms with Crippen LogP contribution < -0.4 is 0 Å². The molecule has 6 atom stereocenters. The molecule has 0 aromatic rings. The van der Waals surface area contributed by atoms with Gasteiger partial charge in [-0.3, -0.25) is 0 Å². The molecule has 0 aromatic carbocycles. The van der Waals surface area contributed by atoms with Gasteiger partial charge in [-0.15, -0.1) is 6.42 Å². The number of hydrogen-bond donors (Lipinski definition) is 2. The van der Waals surface area contributed by atoms with E-state index in [1.54, 1.807) is 0 Å². The highest BCUT2D eigenvalue weighted by atomic mass is 16.3. The third-order valence-corrected chi connectivity index (χ3v) is 7.83. The molecule has 2 fully saturated rings. The fourth-order valence-electron chi connectivity index (χ4n) is 6.72. The topological polar surface area (TPSA) is 40.5 Å². The predicted molar refractivity (Wildman–Crippen MR) is 91.6 cm³/mol. The summed E-state index contributed by atoms with van der Waals surface area (Å²) in [6.07, 6.45) is 18.2. The van der Waals surface area contributed by atoms with E-state index in [2.05, 4.69) is 18.9 Å². The Morgan fingerprint density at radius 3 is 2.83 bits per heavy atom. The molecule has 0 aliphatic heterocycles. The monoisotopic (exact) mass is 312 g/mol. The summed E-state index contributed by atoms with van der Waals surface area (Å²) in [5.41, 5.74) is 0.400. The molecular weight excluding hydrogens is 284 g/mol. The second-order valence-corrected chi connectivity index (χ2v) is 8.25. The summed E-state index contributed by atoms with van der Waals surface area (Å²) in [6, 6.07) is 0. The van der Waals surface area contributed by atoms with Crippen LogP contribution in [0.5, 0.6) is 0 Å². The minimum absolute atomic E-state index is 0.0685. The summed E-state index contributed by atoms with van der Waals surface area (Å²) in [5.74, 6) is 5.88. The lowest BCUT2D eigenvalue weighted by Crippen LogP contribution is -2.53. The van der Waals surface area contributed by atoms with Gasteiger partial charge in [0, 0.05) is 11.8 Å². The number of hydrogen-bond acceptors (Lipinski definition) is 2. The zero-order chi connectivity index (χ0) is 16.2. The van der Waals surface area contributed by atoms with E-state index in [1.807, 2.05) is 6.08 Å². The molecule has 2 nitrogen and oxygen atoms in total. The first kappa shape index (κ1) is 15.3. The zero-order valence-electron chi connectivity index (χ0n) is 14.1. The highest BCUT2D eigenvalue weighted by molar-refractivity contribution is 5.32. The van der Waals surface area contributed by atoms with Crippen molar-refractivity contribution >= 4 is 0 Å². The Morgan fingerprint density at radius 1 is 1.26 bits per heavy atom. The number of aliphatic hydroxyl groups excluding tert-OH is 1. The van der Waals surface area contributed by atoms with Crippen LogP contribution in [0.15, 0.2) is 23.5 Å². The Kier molecular flexibility index (Phi) is 3.43. The van der Waals surface area contributed by atoms with Crippen molar-refractivity contribution in [3.8, 4) is 12.3 Å². The molecule has 0 aromatic heterocycles. The predicted octanol–water partition coefficient (Wildman–Crippen LogP) is 4.37. The van der Waals surface area contributed by atoms with Crippen LogP contribution in [-0.2, 0) is 0 Å². The second-order valence-electron chi connectivity index (χ2n) is 8.25. The van der Waals surface area contributed by atoms with Crippen LogP contribution in [0.2, 0.25) is 0 Å². The van der Waals surface area contributed by atoms with Crippen molar-refractivity contribution in [2.24, 2.45) is 29.1 Å². The van der Waals surface area contributed by atoms with E-state index < -0.39 is 5.60 Å². The van der Waals surface area contributed by atoms with Gasteiger partial charge in [-0.25, -0.2) is 0 Å². The molecule has 0 radical (unpaired) electrons. The van der Waals surface area contributed by atoms with Crippen molar-refractivity contribution in [3.05, 3.63) is 23.5 Å². The molecule has 0 bridgehead atoms. The lowest BCUT2D eigenvalue weighted by atomic mass is 9.50. The van der Waals surface area contributed by atoms with Crippen LogP contribution >= 0.6 is 0 Å². The summed E-state index contributed by atoms with van der Waals surface area (Å²) >= 11 is 0. The van der Waals surface area contributed by atoms with E-state index in [4.69, 9.17) is 6.42 Å². The van der Waals surface area contributed by atoms with E-state index in [0.29, 0.717) is 29.4 Å². The molecule has 124 valence electrons. The minimum Gasteiger partial charge on any atom is -0.512 e. The Hall–Kier alpha value is -1.20. The third-order valence-electron chi connectivity index (χ3n) is 7.83. The van der Waals surface area contributed by atoms with E-state index >= 15 is 0 Å². The maximum absolute atomic E-state index is 11.1. The van der Waals surface area contributed by atoms with Crippen molar-refractivity contribution < 1.29 is 10.2 Å². The first-order valence-corrected chi connectivity index (χ1v) is 9.34. The quantitative estimate of drug-likeness (QED) is 0.706. The second kappa shape index (κ2) is 5.15. The van der Waals surface area contributed by atoms with Crippen LogP contribution in [-0.4, -0.2) is 15.8 Å². The summed E-state index contributed by atoms with van der Waals surface area (Å²) in [5, 5.41) is 20.9. The number of allylic oxidation sites excluding steroid dienone is 4. The molecule has 2 heteroatoms. The van der Waals surface area contributed by atoms with Gasteiger partial charge in [0.1, 0.15) is 5.60 Å². The third kappa shape index (κ3) is 1.92. The van der Waals surface area contributed by atoms with Gasteiger partial charge in [0.25, 0.3) is 0 Å². The Labute approximate surface area is 139 Å². The van der Waals surface area contributed by atoms with Crippen LogP contribution in [0.25, 0.3) is 0 Å². The maximum Gasteiger partial charge on any atom is 0.131 e. The number of fused-ring (bicyclic) bond motifs is 5. The normalized spacial score (nSPS) is 48.4. The first-order chi connectivity index (χ1) is 11.0. The van der Waals surface area contributed by atoms with Crippen LogP contribution in [0.4, 0.5) is 0 Å². The van der Waals surface area contributed by atoms with E-state index in [-0.39, 0.29) is 5.41 Å². The molecule has 4 aliphatic carbocycles. The number of terminal acetylenes is 1. The molecule has 4 aliphatic rings. The maximum atomic E-state index is 11.1. The smallest absolute Gasteiger partial charge is 0.131 e. The van der Waals surface area contributed by atoms with Crippen LogP contribution in [0.1, 0.15) is 58.3 Å². The molecule has 23 heavy (non-hydrogen) atoms. The van der Waals surface area contributed by atoms with Gasteiger partial charge >= 0.3 is 0 Å². The highest BCUT2D eigenvalue weighted by Gasteiger charge is 2.63. The van der Waals surface area contributed by atoms with Gasteiger partial charge in [-0.1, -0.05) is 18.9 Å². The largest absolute Gasteiger partial charge is 0.512 e. The van der Waals surface area contributed by atoms with Gasteiger partial charge in [-0.2, -0.15) is 0 Å². The summed E-state index contributed by atoms with van der Waals surface area (Å²) in [4.78, 5) is 0. The van der Waals surface area contributed by atoms with Gasteiger partial charge in [0.05, 0.1) is 5.76 Å². The van der Waals surface area contributed by atoms with E-state index in [1.165, 1.54) is 12.0 Å². The lowest BCUT2D eigenvalue weighted by molar-refractivity contribution is -0.0944. The van der Waals surface area contributed by atoms with E-state index in [9.17, 15) is 10.2 Å². The van der Waals surface area contributed by atoms with Crippen molar-refractivity contribution in [1.29, 1.82) is 0 Å². The summed E-state index contributed by atoms with van der Waals surface area (Å²) < 4.78 is 0. The minimum atomic E-state index is -0.897. The Morgan fingerprint density at radius 2 is 2.09 bits per heavy atom. The SMILES string of the molecule is C#C[C@]1(O)CC[C@H]2[C@@H]3CC=C4C=C(O)CC[C@@H]4[C@H]3CCC21CC. The van der Waals surface area contributed by atoms with E-state index in [0.717, 1.165) is 44.9 Å². The fraction of sp³-hybridized carbons (Fsp3) is 0.714. The molecule has 0 heterocycles. The van der Waals surface area contributed by atoms with Gasteiger partial charge in [-0.05, 0) is 80.3 Å². The average Bonchev–Trinajstić information content (AvgIpc) is 2.88. The summed E-state index contributed by atoms with van der Waals surface area (Å²) in [7, 11) is 0. The molecule has 0 spiro atoms. The fourth-order valence-corrected chi connectivity index (χ4v) is 6.72. The first-order valence-electron chi connectivity index (χ1n) is 9.34. The Bertz CT molecular complexity index is 610. The van der Waals surface area contributed by atoms with Gasteiger partial charge in [0.15, 0.2) is 0 Å². The Balaban J connectivity index is 1.70. The van der Waals surface area contributed by atoms with Gasteiger partial charge < -0.3 is 10.2 Å². The average molecular weight is 312 g/mol. The molecule has 0 saturated heterocycles. The zero-order valence-corrected chi connectivity index (χ0v) is 14.1. The summed E-state index contributed by atoms with van der Waals surface area (Å²) in [6.45, 7) is 2.21. The standard InChI is InChI=1S/C21H28O2/c1-3-20-11-9-17-16-8-6-15(22)13-14(16)5-7-18(17)19(20)10-12-21(20,23)4-2/h2,5,13,16-19,22-23H,3,6-12H2,1H3/t16-,17+,18+,19-,20?,21-/m0/s1. The van der Waals surface area contributed by atoms with Crippen LogP contribution in [0.3, 0.4) is 0 Å². The molecule has 4 rings (SSSR count). The number of rotatable bonds is 1. The van der Waals surface area contributed by atoms with Crippen molar-refractivity contribution in [1.82, 2.24) is 0 Å². The van der Waals surface area contributed by atoms with Crippen molar-refractivity contribution in [2.75, 3.05) is 0 Å². The molecular formula is C21H28O2. The van der Waals surface area contributed by atoms with Crippen molar-refractivity contribution in [3.63, 3.8) is 0 Å². The lowest BCUT2D eigenvalue weighted by Gasteiger charge is -2.55. The van der Waals surface area contributed by atoms with Gasteiger partial charge in [0.2, 0.25) is 0 Å². The molecule has 2 saturated carbocycles. The molecule has 2 N–H and O–H groups in total. The number of aliphatic hydroxyl groups is 2.